The van der Waals surface area contributed by atoms with E-state index in [9.17, 15) is 4.79 Å². The van der Waals surface area contributed by atoms with Crippen molar-refractivity contribution in [2.75, 3.05) is 26.2 Å². The van der Waals surface area contributed by atoms with E-state index in [2.05, 4.69) is 5.32 Å². The number of nitrogens with zero attached hydrogens (tertiary/aromatic N) is 1. The van der Waals surface area contributed by atoms with Gasteiger partial charge in [0, 0.05) is 20.0 Å². The van der Waals surface area contributed by atoms with Crippen molar-refractivity contribution in [3.8, 4) is 0 Å². The number of fused-ring (bicyclic) bond motifs is 2. The first-order chi connectivity index (χ1) is 5.75. The number of hydrogen-bond donors (Lipinski definition) is 1. The van der Waals surface area contributed by atoms with Gasteiger partial charge in [-0.25, -0.2) is 0 Å². The summed E-state index contributed by atoms with van der Waals surface area (Å²) in [4.78, 5) is 13.1. The summed E-state index contributed by atoms with van der Waals surface area (Å²) in [7, 11) is 0. The Morgan fingerprint density at radius 3 is 2.42 bits per heavy atom. The Bertz CT molecular complexity index is 181. The molecule has 2 unspecified atom stereocenters. The third kappa shape index (κ3) is 1.46. The van der Waals surface area contributed by atoms with Crippen molar-refractivity contribution in [3.05, 3.63) is 0 Å². The van der Waals surface area contributed by atoms with Gasteiger partial charge in [-0.3, -0.25) is 4.79 Å². The van der Waals surface area contributed by atoms with Crippen LogP contribution >= 0.6 is 0 Å². The molecular weight excluding hydrogens is 152 g/mol. The lowest BCUT2D eigenvalue weighted by Crippen LogP contribution is -2.52. The van der Waals surface area contributed by atoms with E-state index in [0.717, 1.165) is 26.2 Å². The van der Waals surface area contributed by atoms with Crippen molar-refractivity contribution in [3.63, 3.8) is 0 Å². The Morgan fingerprint density at radius 2 is 1.92 bits per heavy atom. The zero-order valence-corrected chi connectivity index (χ0v) is 7.55. The van der Waals surface area contributed by atoms with Gasteiger partial charge < -0.3 is 10.2 Å². The van der Waals surface area contributed by atoms with Crippen molar-refractivity contribution in [2.24, 2.45) is 11.8 Å². The number of carbonyl (C=O) groups is 1. The van der Waals surface area contributed by atoms with Gasteiger partial charge in [-0.1, -0.05) is 0 Å². The highest BCUT2D eigenvalue weighted by molar-refractivity contribution is 5.73. The third-order valence-electron chi connectivity index (χ3n) is 2.94. The van der Waals surface area contributed by atoms with Crippen LogP contribution in [-0.2, 0) is 4.79 Å². The molecule has 1 N–H and O–H groups in total. The highest BCUT2D eigenvalue weighted by atomic mass is 16.2. The Balaban J connectivity index is 2.00. The standard InChI is InChI=1S/C9H16N2O/c1-7(12)11-5-8-2-9(6-11)4-10-3-8/h8-10H,2-6H2,1H3. The monoisotopic (exact) mass is 168 g/mol. The quantitative estimate of drug-likeness (QED) is 0.555. The van der Waals surface area contributed by atoms with Gasteiger partial charge in [0.15, 0.2) is 0 Å². The Morgan fingerprint density at radius 1 is 1.33 bits per heavy atom. The molecule has 3 nitrogen and oxygen atoms in total. The molecule has 2 fully saturated rings. The number of piperidine rings is 2. The summed E-state index contributed by atoms with van der Waals surface area (Å²) in [5, 5.41) is 3.41. The van der Waals surface area contributed by atoms with Crippen LogP contribution in [0.25, 0.3) is 0 Å². The predicted octanol–water partition coefficient (Wildman–Crippen LogP) is 0.0742. The maximum absolute atomic E-state index is 11.1. The molecule has 2 atom stereocenters. The molecule has 0 aliphatic carbocycles. The first-order valence-corrected chi connectivity index (χ1v) is 4.72. The van der Waals surface area contributed by atoms with Crippen LogP contribution in [0.15, 0.2) is 0 Å². The molecular formula is C9H16N2O. The van der Waals surface area contributed by atoms with E-state index < -0.39 is 0 Å². The van der Waals surface area contributed by atoms with Crippen molar-refractivity contribution in [2.45, 2.75) is 13.3 Å². The summed E-state index contributed by atoms with van der Waals surface area (Å²) in [6.45, 7) is 5.81. The molecule has 2 aliphatic rings. The SMILES string of the molecule is CC(=O)N1CC2CNCC(C2)C1. The zero-order valence-electron chi connectivity index (χ0n) is 7.55. The molecule has 0 aromatic carbocycles. The normalized spacial score (nSPS) is 34.9. The molecule has 1 amide bonds. The first-order valence-electron chi connectivity index (χ1n) is 4.72. The molecule has 0 spiro atoms. The Kier molecular flexibility index (Phi) is 2.05. The van der Waals surface area contributed by atoms with Crippen molar-refractivity contribution in [1.29, 1.82) is 0 Å². The largest absolute Gasteiger partial charge is 0.342 e. The van der Waals surface area contributed by atoms with Crippen molar-refractivity contribution in [1.82, 2.24) is 10.2 Å². The fraction of sp³-hybridized carbons (Fsp3) is 0.889. The maximum Gasteiger partial charge on any atom is 0.219 e. The summed E-state index contributed by atoms with van der Waals surface area (Å²) in [5.74, 6) is 1.66. The number of hydrogen-bond acceptors (Lipinski definition) is 2. The third-order valence-corrected chi connectivity index (χ3v) is 2.94. The van der Waals surface area contributed by atoms with E-state index in [1.54, 1.807) is 6.92 Å². The summed E-state index contributed by atoms with van der Waals surface area (Å²) in [6, 6.07) is 0. The van der Waals surface area contributed by atoms with Crippen LogP contribution in [0.4, 0.5) is 0 Å². The minimum atomic E-state index is 0.242. The molecule has 12 heavy (non-hydrogen) atoms. The molecule has 0 aromatic rings. The van der Waals surface area contributed by atoms with Crippen LogP contribution in [0.1, 0.15) is 13.3 Å². The molecule has 0 radical (unpaired) electrons. The Hall–Kier alpha value is -0.570. The van der Waals surface area contributed by atoms with E-state index in [1.165, 1.54) is 6.42 Å². The summed E-state index contributed by atoms with van der Waals surface area (Å²) >= 11 is 0. The summed E-state index contributed by atoms with van der Waals surface area (Å²) < 4.78 is 0. The minimum Gasteiger partial charge on any atom is -0.342 e. The van der Waals surface area contributed by atoms with Crippen LogP contribution in [0.5, 0.6) is 0 Å². The predicted molar refractivity (Wildman–Crippen MR) is 46.7 cm³/mol. The number of nitrogens with one attached hydrogen (secondary N) is 1. The van der Waals surface area contributed by atoms with Crippen LogP contribution in [-0.4, -0.2) is 37.0 Å². The van der Waals surface area contributed by atoms with Crippen LogP contribution in [0.2, 0.25) is 0 Å². The lowest BCUT2D eigenvalue weighted by atomic mass is 9.86. The molecule has 3 heteroatoms. The van der Waals surface area contributed by atoms with Crippen LogP contribution < -0.4 is 5.32 Å². The van der Waals surface area contributed by atoms with E-state index in [0.29, 0.717) is 11.8 Å². The Labute approximate surface area is 73.1 Å². The summed E-state index contributed by atoms with van der Waals surface area (Å²) in [6.07, 6.45) is 1.32. The van der Waals surface area contributed by atoms with Crippen LogP contribution in [0, 0.1) is 11.8 Å². The topological polar surface area (TPSA) is 32.3 Å². The van der Waals surface area contributed by atoms with E-state index >= 15 is 0 Å². The van der Waals surface area contributed by atoms with Gasteiger partial charge in [0.2, 0.25) is 5.91 Å². The number of rotatable bonds is 0. The van der Waals surface area contributed by atoms with Gasteiger partial charge >= 0.3 is 0 Å². The zero-order chi connectivity index (χ0) is 8.55. The van der Waals surface area contributed by atoms with Gasteiger partial charge in [-0.15, -0.1) is 0 Å². The molecule has 68 valence electrons. The van der Waals surface area contributed by atoms with E-state index in [4.69, 9.17) is 0 Å². The van der Waals surface area contributed by atoms with E-state index in [-0.39, 0.29) is 5.91 Å². The highest BCUT2D eigenvalue weighted by Crippen LogP contribution is 2.24. The highest BCUT2D eigenvalue weighted by Gasteiger charge is 2.31. The second-order valence-electron chi connectivity index (χ2n) is 4.05. The van der Waals surface area contributed by atoms with Gasteiger partial charge in [-0.05, 0) is 31.3 Å². The fourth-order valence-corrected chi connectivity index (χ4v) is 2.36. The fourth-order valence-electron chi connectivity index (χ4n) is 2.36. The van der Waals surface area contributed by atoms with Crippen molar-refractivity contribution >= 4 is 5.91 Å². The molecule has 2 heterocycles. The van der Waals surface area contributed by atoms with Crippen molar-refractivity contribution < 1.29 is 4.79 Å². The number of carbonyl (C=O) groups excluding carboxylic acids is 1. The number of likely N-dealkylation sites (tertiary alicyclic amines) is 1. The van der Waals surface area contributed by atoms with Gasteiger partial charge in [0.25, 0.3) is 0 Å². The lowest BCUT2D eigenvalue weighted by Gasteiger charge is -2.41. The molecule has 2 saturated heterocycles. The summed E-state index contributed by atoms with van der Waals surface area (Å²) in [5.41, 5.74) is 0. The van der Waals surface area contributed by atoms with E-state index in [1.807, 2.05) is 4.90 Å². The molecule has 0 aromatic heterocycles. The second kappa shape index (κ2) is 3.05. The lowest BCUT2D eigenvalue weighted by molar-refractivity contribution is -0.132. The molecule has 0 saturated carbocycles. The average Bonchev–Trinajstić information content (AvgIpc) is 2.03. The number of amides is 1. The van der Waals surface area contributed by atoms with Gasteiger partial charge in [0.05, 0.1) is 0 Å². The minimum absolute atomic E-state index is 0.242. The van der Waals surface area contributed by atoms with Crippen LogP contribution in [0.3, 0.4) is 0 Å². The molecule has 2 bridgehead atoms. The molecule has 2 rings (SSSR count). The molecule has 2 aliphatic heterocycles. The second-order valence-corrected chi connectivity index (χ2v) is 4.05. The maximum atomic E-state index is 11.1. The first kappa shape index (κ1) is 8.05. The van der Waals surface area contributed by atoms with Gasteiger partial charge in [0.1, 0.15) is 0 Å². The smallest absolute Gasteiger partial charge is 0.219 e. The van der Waals surface area contributed by atoms with Gasteiger partial charge in [-0.2, -0.15) is 0 Å². The average molecular weight is 168 g/mol.